The lowest BCUT2D eigenvalue weighted by molar-refractivity contribution is -0.121. The van der Waals surface area contributed by atoms with Gasteiger partial charge in [0.25, 0.3) is 0 Å². The minimum Gasteiger partial charge on any atom is -0.294 e. The first-order valence-electron chi connectivity index (χ1n) is 10.7. The van der Waals surface area contributed by atoms with E-state index >= 15 is 0 Å². The summed E-state index contributed by atoms with van der Waals surface area (Å²) in [5.74, 6) is -0.161. The van der Waals surface area contributed by atoms with Gasteiger partial charge in [0, 0.05) is 22.6 Å². The van der Waals surface area contributed by atoms with E-state index in [0.717, 1.165) is 42.4 Å². The monoisotopic (exact) mass is 400 g/mol. The van der Waals surface area contributed by atoms with E-state index in [1.807, 2.05) is 69.3 Å². The van der Waals surface area contributed by atoms with Gasteiger partial charge < -0.3 is 0 Å². The van der Waals surface area contributed by atoms with Crippen molar-refractivity contribution in [2.24, 2.45) is 5.92 Å². The summed E-state index contributed by atoms with van der Waals surface area (Å²) in [6.45, 7) is 13.6. The molecule has 30 heavy (non-hydrogen) atoms. The quantitative estimate of drug-likeness (QED) is 0.314. The van der Waals surface area contributed by atoms with E-state index in [1.54, 1.807) is 0 Å². The number of allylic oxidation sites excluding steroid dienone is 10. The Morgan fingerprint density at radius 2 is 1.63 bits per heavy atom. The van der Waals surface area contributed by atoms with E-state index in [4.69, 9.17) is 0 Å². The van der Waals surface area contributed by atoms with Crippen molar-refractivity contribution in [3.05, 3.63) is 102 Å². The average Bonchev–Trinajstić information content (AvgIpc) is 2.73. The summed E-state index contributed by atoms with van der Waals surface area (Å²) in [5.41, 5.74) is 4.43. The van der Waals surface area contributed by atoms with Crippen molar-refractivity contribution in [3.63, 3.8) is 0 Å². The fraction of sp³-hybridized carbons (Fsp3) is 0.286. The highest BCUT2D eigenvalue weighted by Gasteiger charge is 2.29. The number of Topliss-reactive ketones (excluding diaryl/α,β-unsaturated/α-hetero) is 2. The third-order valence-corrected chi connectivity index (χ3v) is 5.77. The minimum absolute atomic E-state index is 0.00343. The van der Waals surface area contributed by atoms with Crippen molar-refractivity contribution in [2.75, 3.05) is 0 Å². The van der Waals surface area contributed by atoms with Crippen LogP contribution in [-0.2, 0) is 9.59 Å². The molecule has 0 spiro atoms. The Hall–Kier alpha value is -3.00. The molecule has 0 heterocycles. The highest BCUT2D eigenvalue weighted by molar-refractivity contribution is 6.18. The first-order valence-corrected chi connectivity index (χ1v) is 10.7. The summed E-state index contributed by atoms with van der Waals surface area (Å²) in [4.78, 5) is 26.3. The van der Waals surface area contributed by atoms with Crippen LogP contribution >= 0.6 is 0 Å². The molecule has 2 nitrogen and oxygen atoms in total. The molecule has 0 amide bonds. The SMILES string of the molecule is C=C/C(C(=O)C(/C=C\C(=C/C)c1ccccc1)=C(/C)CC)=C(\C=C)C(=O)C1CCC1. The van der Waals surface area contributed by atoms with Crippen molar-refractivity contribution >= 4 is 17.1 Å². The summed E-state index contributed by atoms with van der Waals surface area (Å²) >= 11 is 0. The molecule has 2 heteroatoms. The number of hydrogen-bond acceptors (Lipinski definition) is 2. The van der Waals surface area contributed by atoms with Gasteiger partial charge in [-0.15, -0.1) is 0 Å². The van der Waals surface area contributed by atoms with Gasteiger partial charge in [0.15, 0.2) is 11.6 Å². The van der Waals surface area contributed by atoms with Crippen LogP contribution in [0.15, 0.2) is 96.2 Å². The van der Waals surface area contributed by atoms with Gasteiger partial charge in [0.2, 0.25) is 0 Å². The summed E-state index contributed by atoms with van der Waals surface area (Å²) in [7, 11) is 0. The summed E-state index contributed by atoms with van der Waals surface area (Å²) < 4.78 is 0. The third kappa shape index (κ3) is 5.33. The highest BCUT2D eigenvalue weighted by atomic mass is 16.1. The van der Waals surface area contributed by atoms with E-state index in [9.17, 15) is 9.59 Å². The van der Waals surface area contributed by atoms with Gasteiger partial charge in [-0.1, -0.05) is 92.8 Å². The Kier molecular flexibility index (Phi) is 8.73. The normalized spacial score (nSPS) is 16.4. The fourth-order valence-corrected chi connectivity index (χ4v) is 3.47. The molecule has 1 aliphatic carbocycles. The van der Waals surface area contributed by atoms with Crippen molar-refractivity contribution in [2.45, 2.75) is 46.5 Å². The van der Waals surface area contributed by atoms with Gasteiger partial charge in [-0.05, 0) is 44.2 Å². The summed E-state index contributed by atoms with van der Waals surface area (Å²) in [6.07, 6.45) is 12.4. The van der Waals surface area contributed by atoms with Crippen molar-refractivity contribution in [1.29, 1.82) is 0 Å². The Morgan fingerprint density at radius 1 is 1.00 bits per heavy atom. The molecule has 0 bridgehead atoms. The van der Waals surface area contributed by atoms with E-state index in [-0.39, 0.29) is 17.5 Å². The zero-order valence-corrected chi connectivity index (χ0v) is 18.4. The first-order chi connectivity index (χ1) is 14.5. The number of hydrogen-bond donors (Lipinski definition) is 0. The molecular weight excluding hydrogens is 368 g/mol. The number of rotatable bonds is 10. The molecule has 0 aromatic heterocycles. The Balaban J connectivity index is 2.46. The molecule has 0 radical (unpaired) electrons. The van der Waals surface area contributed by atoms with Crippen LogP contribution < -0.4 is 0 Å². The van der Waals surface area contributed by atoms with Gasteiger partial charge in [-0.25, -0.2) is 0 Å². The zero-order chi connectivity index (χ0) is 22.1. The van der Waals surface area contributed by atoms with Crippen molar-refractivity contribution in [3.8, 4) is 0 Å². The van der Waals surface area contributed by atoms with Crippen LogP contribution in [0, 0.1) is 5.92 Å². The minimum atomic E-state index is -0.174. The zero-order valence-electron chi connectivity index (χ0n) is 18.4. The Labute approximate surface area is 181 Å². The Morgan fingerprint density at radius 3 is 2.10 bits per heavy atom. The predicted octanol–water partition coefficient (Wildman–Crippen LogP) is 6.98. The molecule has 0 atom stereocenters. The topological polar surface area (TPSA) is 34.1 Å². The lowest BCUT2D eigenvalue weighted by Crippen LogP contribution is -2.24. The molecule has 0 unspecified atom stereocenters. The van der Waals surface area contributed by atoms with Crippen molar-refractivity contribution in [1.82, 2.24) is 0 Å². The van der Waals surface area contributed by atoms with Gasteiger partial charge in [0.1, 0.15) is 0 Å². The molecule has 0 saturated heterocycles. The number of carbonyl (C=O) groups excluding carboxylic acids is 2. The van der Waals surface area contributed by atoms with Crippen LogP contribution in [0.4, 0.5) is 0 Å². The van der Waals surface area contributed by atoms with E-state index in [2.05, 4.69) is 13.2 Å². The van der Waals surface area contributed by atoms with Crippen LogP contribution in [0.1, 0.15) is 52.0 Å². The third-order valence-electron chi connectivity index (χ3n) is 5.77. The summed E-state index contributed by atoms with van der Waals surface area (Å²) in [6, 6.07) is 10.0. The standard InChI is InChI=1S/C28H32O2/c1-6-20(5)26(19-18-21(7-2)22-14-11-10-12-15-22)28(30)25(9-4)24(8-3)27(29)23-16-13-17-23/h7-12,14-15,18-19,23H,3-4,6,13,16-17H2,1-2,5H3/b19-18-,21-7+,25-24-,26-20-. The molecule has 1 aromatic carbocycles. The molecule has 2 rings (SSSR count). The van der Waals surface area contributed by atoms with Crippen LogP contribution in [-0.4, -0.2) is 11.6 Å². The maximum absolute atomic E-state index is 13.5. The van der Waals surface area contributed by atoms with Gasteiger partial charge >= 0.3 is 0 Å². The lowest BCUT2D eigenvalue weighted by Gasteiger charge is -2.25. The predicted molar refractivity (Wildman–Crippen MR) is 127 cm³/mol. The van der Waals surface area contributed by atoms with Gasteiger partial charge in [-0.2, -0.15) is 0 Å². The van der Waals surface area contributed by atoms with Crippen molar-refractivity contribution < 1.29 is 9.59 Å². The van der Waals surface area contributed by atoms with Crippen LogP contribution in [0.3, 0.4) is 0 Å². The number of ketones is 2. The van der Waals surface area contributed by atoms with Gasteiger partial charge in [0.05, 0.1) is 0 Å². The molecule has 1 fully saturated rings. The van der Waals surface area contributed by atoms with E-state index < -0.39 is 0 Å². The van der Waals surface area contributed by atoms with Gasteiger partial charge in [-0.3, -0.25) is 9.59 Å². The van der Waals surface area contributed by atoms with Crippen LogP contribution in [0.25, 0.3) is 5.57 Å². The largest absolute Gasteiger partial charge is 0.294 e. The number of carbonyl (C=O) groups is 2. The summed E-state index contributed by atoms with van der Waals surface area (Å²) in [5, 5.41) is 0. The number of benzene rings is 1. The molecule has 156 valence electrons. The molecule has 0 aliphatic heterocycles. The smallest absolute Gasteiger partial charge is 0.193 e. The molecule has 1 aliphatic rings. The molecule has 1 saturated carbocycles. The second-order valence-corrected chi connectivity index (χ2v) is 7.55. The first kappa shape index (κ1) is 23.3. The van der Waals surface area contributed by atoms with Crippen LogP contribution in [0.2, 0.25) is 0 Å². The molecule has 1 aromatic rings. The molecular formula is C28H32O2. The Bertz CT molecular complexity index is 932. The maximum atomic E-state index is 13.5. The second-order valence-electron chi connectivity index (χ2n) is 7.55. The van der Waals surface area contributed by atoms with E-state index in [1.165, 1.54) is 12.2 Å². The highest BCUT2D eigenvalue weighted by Crippen LogP contribution is 2.31. The molecule has 0 N–H and O–H groups in total. The van der Waals surface area contributed by atoms with Crippen LogP contribution in [0.5, 0.6) is 0 Å². The average molecular weight is 401 g/mol. The fourth-order valence-electron chi connectivity index (χ4n) is 3.47. The lowest BCUT2D eigenvalue weighted by atomic mass is 9.78. The second kappa shape index (κ2) is 11.3. The van der Waals surface area contributed by atoms with E-state index in [0.29, 0.717) is 16.7 Å². The maximum Gasteiger partial charge on any atom is 0.193 e.